The highest BCUT2D eigenvalue weighted by Gasteiger charge is 2.35. The van der Waals surface area contributed by atoms with Crippen LogP contribution in [0.5, 0.6) is 0 Å². The third kappa shape index (κ3) is 4.08. The number of ether oxygens (including phenoxy) is 1. The van der Waals surface area contributed by atoms with E-state index < -0.39 is 6.04 Å². The highest BCUT2D eigenvalue weighted by molar-refractivity contribution is 7.99. The number of halogens is 1. The number of nitrogens with zero attached hydrogens (tertiary/aromatic N) is 3. The summed E-state index contributed by atoms with van der Waals surface area (Å²) in [7, 11) is 0. The van der Waals surface area contributed by atoms with Crippen molar-refractivity contribution in [2.75, 3.05) is 24.7 Å². The van der Waals surface area contributed by atoms with Crippen LogP contribution in [0.4, 0.5) is 0 Å². The fourth-order valence-electron chi connectivity index (χ4n) is 3.54. The Morgan fingerprint density at radius 3 is 2.90 bits per heavy atom. The largest absolute Gasteiger partial charge is 0.464 e. The molecule has 6 nitrogen and oxygen atoms in total. The van der Waals surface area contributed by atoms with E-state index in [9.17, 15) is 9.59 Å². The number of carbonyl (C=O) groups excluding carboxylic acids is 2. The predicted octanol–water partition coefficient (Wildman–Crippen LogP) is 4.23. The lowest BCUT2D eigenvalue weighted by Crippen LogP contribution is -2.50. The Hall–Kier alpha value is -2.03. The molecule has 1 aliphatic heterocycles. The van der Waals surface area contributed by atoms with Crippen molar-refractivity contribution < 1.29 is 14.3 Å². The molecule has 0 bridgehead atoms. The van der Waals surface area contributed by atoms with E-state index >= 15 is 0 Å². The lowest BCUT2D eigenvalue weighted by molar-refractivity contribution is -0.147. The second kappa shape index (κ2) is 8.99. The summed E-state index contributed by atoms with van der Waals surface area (Å²) in [6.45, 7) is 5.09. The maximum absolute atomic E-state index is 13.3. The van der Waals surface area contributed by atoms with Crippen molar-refractivity contribution in [1.82, 2.24) is 14.7 Å². The Morgan fingerprint density at radius 1 is 1.33 bits per heavy atom. The molecule has 158 valence electrons. The van der Waals surface area contributed by atoms with Crippen molar-refractivity contribution in [3.8, 4) is 0 Å². The molecule has 2 aromatic heterocycles. The molecular formula is C21H22ClN3O3S2. The Morgan fingerprint density at radius 2 is 2.13 bits per heavy atom. The zero-order valence-electron chi connectivity index (χ0n) is 16.8. The first-order valence-corrected chi connectivity index (χ1v) is 12.1. The first kappa shape index (κ1) is 21.2. The van der Waals surface area contributed by atoms with Gasteiger partial charge in [-0.2, -0.15) is 16.9 Å². The molecule has 0 N–H and O–H groups in total. The number of aryl methyl sites for hydroxylation is 1. The number of rotatable bonds is 5. The number of thioether (sulfide) groups is 1. The number of amides is 1. The Balaban J connectivity index is 1.64. The molecule has 30 heavy (non-hydrogen) atoms. The van der Waals surface area contributed by atoms with Crippen molar-refractivity contribution in [2.24, 2.45) is 0 Å². The number of thiophene rings is 1. The van der Waals surface area contributed by atoms with Gasteiger partial charge in [0.25, 0.3) is 5.91 Å². The van der Waals surface area contributed by atoms with Crippen LogP contribution in [0.2, 0.25) is 5.02 Å². The maximum atomic E-state index is 13.3. The normalized spacial score (nSPS) is 16.8. The number of benzene rings is 1. The molecular weight excluding hydrogens is 442 g/mol. The summed E-state index contributed by atoms with van der Waals surface area (Å²) in [6, 6.07) is 9.02. The zero-order valence-corrected chi connectivity index (χ0v) is 19.1. The summed E-state index contributed by atoms with van der Waals surface area (Å²) < 4.78 is 7.08. The highest BCUT2D eigenvalue weighted by atomic mass is 35.5. The van der Waals surface area contributed by atoms with Crippen molar-refractivity contribution in [3.63, 3.8) is 0 Å². The van der Waals surface area contributed by atoms with Crippen LogP contribution in [-0.2, 0) is 16.1 Å². The molecule has 1 amide bonds. The lowest BCUT2D eigenvalue weighted by atomic mass is 10.2. The van der Waals surface area contributed by atoms with Gasteiger partial charge in [-0.05, 0) is 31.5 Å². The van der Waals surface area contributed by atoms with Crippen molar-refractivity contribution in [2.45, 2.75) is 26.4 Å². The van der Waals surface area contributed by atoms with Crippen LogP contribution in [0.25, 0.3) is 10.2 Å². The van der Waals surface area contributed by atoms with E-state index in [0.29, 0.717) is 35.3 Å². The predicted molar refractivity (Wildman–Crippen MR) is 122 cm³/mol. The Bertz CT molecular complexity index is 1090. The minimum atomic E-state index is -0.540. The van der Waals surface area contributed by atoms with Gasteiger partial charge >= 0.3 is 5.97 Å². The van der Waals surface area contributed by atoms with E-state index in [-0.39, 0.29) is 11.9 Å². The number of aromatic nitrogens is 2. The van der Waals surface area contributed by atoms with Gasteiger partial charge in [0.15, 0.2) is 0 Å². The van der Waals surface area contributed by atoms with Crippen LogP contribution in [-0.4, -0.2) is 57.3 Å². The quantitative estimate of drug-likeness (QED) is 0.530. The molecule has 3 heterocycles. The van der Waals surface area contributed by atoms with Crippen LogP contribution in [0.15, 0.2) is 30.3 Å². The topological polar surface area (TPSA) is 64.4 Å². The van der Waals surface area contributed by atoms with Gasteiger partial charge in [0.1, 0.15) is 10.9 Å². The van der Waals surface area contributed by atoms with E-state index in [1.165, 1.54) is 11.3 Å². The maximum Gasteiger partial charge on any atom is 0.329 e. The molecule has 9 heteroatoms. The molecule has 3 aromatic rings. The van der Waals surface area contributed by atoms with Gasteiger partial charge in [-0.15, -0.1) is 11.3 Å². The standard InChI is InChI=1S/C21H22ClN3O3S2/c1-3-28-21(27)17-12-29-9-8-24(17)19(26)18-10-15-13(2)23-25(20(15)30-18)11-14-6-4-5-7-16(14)22/h4-7,10,17H,3,8-9,11-12H2,1-2H3/t17-/m0/s1. The minimum Gasteiger partial charge on any atom is -0.464 e. The van der Waals surface area contributed by atoms with Crippen molar-refractivity contribution >= 4 is 56.8 Å². The van der Waals surface area contributed by atoms with E-state index in [0.717, 1.165) is 27.2 Å². The van der Waals surface area contributed by atoms with Crippen molar-refractivity contribution in [3.05, 3.63) is 51.5 Å². The van der Waals surface area contributed by atoms with Gasteiger partial charge < -0.3 is 9.64 Å². The van der Waals surface area contributed by atoms with Crippen LogP contribution < -0.4 is 0 Å². The van der Waals surface area contributed by atoms with Gasteiger partial charge in [0.2, 0.25) is 0 Å². The summed E-state index contributed by atoms with van der Waals surface area (Å²) in [5.41, 5.74) is 1.84. The average Bonchev–Trinajstić information content (AvgIpc) is 3.30. The van der Waals surface area contributed by atoms with Gasteiger partial charge in [-0.25, -0.2) is 4.79 Å². The third-order valence-electron chi connectivity index (χ3n) is 5.04. The van der Waals surface area contributed by atoms with E-state index in [4.69, 9.17) is 16.3 Å². The third-order valence-corrected chi connectivity index (χ3v) is 7.57. The zero-order chi connectivity index (χ0) is 21.3. The van der Waals surface area contributed by atoms with Gasteiger partial charge in [0, 0.05) is 28.5 Å². The van der Waals surface area contributed by atoms with Gasteiger partial charge in [0.05, 0.1) is 23.7 Å². The van der Waals surface area contributed by atoms with Crippen LogP contribution >= 0.6 is 34.7 Å². The average molecular weight is 464 g/mol. The fraction of sp³-hybridized carbons (Fsp3) is 0.381. The molecule has 1 saturated heterocycles. The molecule has 0 aliphatic carbocycles. The SMILES string of the molecule is CCOC(=O)[C@@H]1CSCCN1C(=O)c1cc2c(C)nn(Cc3ccccc3Cl)c2s1. The summed E-state index contributed by atoms with van der Waals surface area (Å²) in [6.07, 6.45) is 0. The number of carbonyl (C=O) groups is 2. The molecule has 0 saturated carbocycles. The van der Waals surface area contributed by atoms with E-state index in [1.807, 2.05) is 41.9 Å². The smallest absolute Gasteiger partial charge is 0.329 e. The number of hydrogen-bond acceptors (Lipinski definition) is 6. The van der Waals surface area contributed by atoms with E-state index in [2.05, 4.69) is 5.10 Å². The second-order valence-electron chi connectivity index (χ2n) is 7.01. The van der Waals surface area contributed by atoms with Crippen LogP contribution in [0.3, 0.4) is 0 Å². The fourth-order valence-corrected chi connectivity index (χ4v) is 5.88. The lowest BCUT2D eigenvalue weighted by Gasteiger charge is -2.33. The molecule has 1 fully saturated rings. The summed E-state index contributed by atoms with van der Waals surface area (Å²) in [5.74, 6) is 0.916. The Labute approximate surface area is 188 Å². The number of fused-ring (bicyclic) bond motifs is 1. The van der Waals surface area contributed by atoms with E-state index in [1.54, 1.807) is 23.6 Å². The Kier molecular flexibility index (Phi) is 6.36. The second-order valence-corrected chi connectivity index (χ2v) is 9.59. The van der Waals surface area contributed by atoms with Crippen LogP contribution in [0, 0.1) is 6.92 Å². The minimum absolute atomic E-state index is 0.127. The first-order valence-electron chi connectivity index (χ1n) is 9.75. The number of hydrogen-bond donors (Lipinski definition) is 0. The molecule has 1 aliphatic rings. The molecule has 0 unspecified atom stereocenters. The summed E-state index contributed by atoms with van der Waals surface area (Å²) in [5, 5.41) is 6.28. The molecule has 0 spiro atoms. The first-order chi connectivity index (χ1) is 14.5. The van der Waals surface area contributed by atoms with Crippen molar-refractivity contribution in [1.29, 1.82) is 0 Å². The van der Waals surface area contributed by atoms with Gasteiger partial charge in [-0.3, -0.25) is 9.48 Å². The molecule has 1 atom stereocenters. The summed E-state index contributed by atoms with van der Waals surface area (Å²) >= 11 is 9.39. The van der Waals surface area contributed by atoms with Crippen LogP contribution in [0.1, 0.15) is 27.9 Å². The molecule has 4 rings (SSSR count). The molecule has 1 aromatic carbocycles. The molecule has 0 radical (unpaired) electrons. The summed E-state index contributed by atoms with van der Waals surface area (Å²) in [4.78, 5) is 28.8. The monoisotopic (exact) mass is 463 g/mol. The number of esters is 1. The highest BCUT2D eigenvalue weighted by Crippen LogP contribution is 2.31. The van der Waals surface area contributed by atoms with Gasteiger partial charge in [-0.1, -0.05) is 29.8 Å².